The van der Waals surface area contributed by atoms with Crippen molar-refractivity contribution in [3.63, 3.8) is 0 Å². The molecule has 136 valence electrons. The van der Waals surface area contributed by atoms with Crippen molar-refractivity contribution in [3.8, 4) is 0 Å². The number of fused-ring (bicyclic) bond motifs is 5. The molecule has 3 heterocycles. The van der Waals surface area contributed by atoms with E-state index in [4.69, 9.17) is 0 Å². The summed E-state index contributed by atoms with van der Waals surface area (Å²) >= 11 is 0. The Kier molecular flexibility index (Phi) is 3.83. The van der Waals surface area contributed by atoms with E-state index in [0.29, 0.717) is 0 Å². The molecule has 2 aromatic rings. The Morgan fingerprint density at radius 1 is 1.00 bits per heavy atom. The molecule has 0 amide bonds. The molecule has 4 rings (SSSR count). The lowest BCUT2D eigenvalue weighted by Gasteiger charge is -2.51. The van der Waals surface area contributed by atoms with E-state index in [1.807, 2.05) is 12.1 Å². The minimum absolute atomic E-state index is 0.0432. The third-order valence-electron chi connectivity index (χ3n) is 7.28. The molecule has 0 fully saturated rings. The summed E-state index contributed by atoms with van der Waals surface area (Å²) in [6.45, 7) is 8.96. The number of pyridine rings is 1. The largest absolute Gasteiger partial charge is 0.512 e. The third-order valence-corrected chi connectivity index (χ3v) is 7.28. The van der Waals surface area contributed by atoms with E-state index in [1.165, 1.54) is 11.4 Å². The molecule has 0 saturated carbocycles. The van der Waals surface area contributed by atoms with Crippen molar-refractivity contribution in [2.45, 2.75) is 58.1 Å². The van der Waals surface area contributed by atoms with Crippen LogP contribution in [-0.2, 0) is 12.2 Å². The summed E-state index contributed by atoms with van der Waals surface area (Å²) in [6.07, 6.45) is 1.98. The van der Waals surface area contributed by atoms with E-state index in [2.05, 4.69) is 79.3 Å². The van der Waals surface area contributed by atoms with Crippen LogP contribution in [0, 0.1) is 0 Å². The van der Waals surface area contributed by atoms with Crippen LogP contribution < -0.4 is 14.2 Å². The SMILES string of the molecule is CCC1(C)B2N(C)c3ccccc3N2c2cccc(CF)[n+]2C1(C)CC. The molecule has 1 aromatic carbocycles. The molecule has 0 saturated heterocycles. The minimum Gasteiger partial charge on any atom is -0.373 e. The Hall–Kier alpha value is -2.04. The monoisotopic (exact) mass is 352 g/mol. The summed E-state index contributed by atoms with van der Waals surface area (Å²) in [6, 6.07) is 14.6. The maximum atomic E-state index is 14.0. The summed E-state index contributed by atoms with van der Waals surface area (Å²) in [5, 5.41) is -0.0432. The zero-order chi connectivity index (χ0) is 18.7. The molecule has 2 aliphatic heterocycles. The first-order chi connectivity index (χ1) is 12.4. The molecular weight excluding hydrogens is 324 g/mol. The zero-order valence-corrected chi connectivity index (χ0v) is 16.5. The number of aromatic nitrogens is 1. The summed E-state index contributed by atoms with van der Waals surface area (Å²) in [4.78, 5) is 4.84. The highest BCUT2D eigenvalue weighted by Gasteiger charge is 2.69. The number of benzene rings is 1. The second-order valence-electron chi connectivity index (χ2n) is 8.09. The van der Waals surface area contributed by atoms with Crippen molar-refractivity contribution in [1.82, 2.24) is 0 Å². The topological polar surface area (TPSA) is 10.4 Å². The van der Waals surface area contributed by atoms with Crippen molar-refractivity contribution < 1.29 is 8.96 Å². The highest BCUT2D eigenvalue weighted by molar-refractivity contribution is 6.74. The van der Waals surface area contributed by atoms with E-state index < -0.39 is 6.67 Å². The fourth-order valence-electron chi connectivity index (χ4n) is 5.43. The van der Waals surface area contributed by atoms with E-state index in [1.54, 1.807) is 0 Å². The standard InChI is InChI=1S/C21H28BFN3/c1-6-20(3)21(4,7-2)25-16(15-23)11-10-14-19(25)26-18-13-9-8-12-17(18)24(5)22(20)26/h8-14H,6-7,15H2,1-5H3/q+1. The van der Waals surface area contributed by atoms with Gasteiger partial charge in [-0.15, -0.1) is 0 Å². The molecule has 26 heavy (non-hydrogen) atoms. The van der Waals surface area contributed by atoms with Gasteiger partial charge in [0.15, 0.2) is 6.67 Å². The predicted octanol–water partition coefficient (Wildman–Crippen LogP) is 4.83. The molecule has 2 unspecified atom stereocenters. The highest BCUT2D eigenvalue weighted by atomic mass is 19.1. The summed E-state index contributed by atoms with van der Waals surface area (Å²) in [7, 11) is 2.20. The van der Waals surface area contributed by atoms with Gasteiger partial charge in [0, 0.05) is 6.07 Å². The van der Waals surface area contributed by atoms with Gasteiger partial charge in [-0.25, -0.2) is 8.96 Å². The quantitative estimate of drug-likeness (QED) is 0.579. The number of anilines is 3. The third kappa shape index (κ3) is 1.86. The summed E-state index contributed by atoms with van der Waals surface area (Å²) < 4.78 is 16.3. The normalized spacial score (nSPS) is 26.6. The van der Waals surface area contributed by atoms with Crippen molar-refractivity contribution in [2.24, 2.45) is 0 Å². The average molecular weight is 352 g/mol. The van der Waals surface area contributed by atoms with E-state index in [-0.39, 0.29) is 17.8 Å². The summed E-state index contributed by atoms with van der Waals surface area (Å²) in [5.74, 6) is 1.09. The number of halogens is 1. The van der Waals surface area contributed by atoms with E-state index in [9.17, 15) is 4.39 Å². The van der Waals surface area contributed by atoms with E-state index >= 15 is 0 Å². The van der Waals surface area contributed by atoms with Gasteiger partial charge in [0.25, 0.3) is 5.82 Å². The number of para-hydroxylation sites is 2. The first-order valence-electron chi connectivity index (χ1n) is 9.66. The van der Waals surface area contributed by atoms with Gasteiger partial charge < -0.3 is 4.81 Å². The van der Waals surface area contributed by atoms with Gasteiger partial charge in [0.1, 0.15) is 16.9 Å². The maximum Gasteiger partial charge on any atom is 0.512 e. The molecule has 1 aromatic heterocycles. The lowest BCUT2D eigenvalue weighted by atomic mass is 9.39. The fourth-order valence-corrected chi connectivity index (χ4v) is 5.43. The van der Waals surface area contributed by atoms with Gasteiger partial charge in [-0.05, 0) is 45.0 Å². The van der Waals surface area contributed by atoms with Crippen LogP contribution in [0.4, 0.5) is 21.6 Å². The van der Waals surface area contributed by atoms with Crippen LogP contribution in [0.5, 0.6) is 0 Å². The lowest BCUT2D eigenvalue weighted by molar-refractivity contribution is -0.765. The number of hydrogen-bond acceptors (Lipinski definition) is 2. The van der Waals surface area contributed by atoms with Crippen LogP contribution in [-0.4, -0.2) is 14.0 Å². The zero-order valence-electron chi connectivity index (χ0n) is 16.5. The Morgan fingerprint density at radius 2 is 1.69 bits per heavy atom. The molecule has 3 nitrogen and oxygen atoms in total. The molecule has 0 bridgehead atoms. The summed E-state index contributed by atoms with van der Waals surface area (Å²) in [5.41, 5.74) is 3.05. The lowest BCUT2D eigenvalue weighted by Crippen LogP contribution is -2.75. The Labute approximate surface area is 156 Å². The molecular formula is C21H28BFN3+. The van der Waals surface area contributed by atoms with Gasteiger partial charge in [0.2, 0.25) is 0 Å². The van der Waals surface area contributed by atoms with Gasteiger partial charge in [-0.2, -0.15) is 0 Å². The Morgan fingerprint density at radius 3 is 2.31 bits per heavy atom. The average Bonchev–Trinajstić information content (AvgIpc) is 2.99. The second kappa shape index (κ2) is 5.73. The molecule has 2 aliphatic rings. The van der Waals surface area contributed by atoms with Crippen LogP contribution >= 0.6 is 0 Å². The van der Waals surface area contributed by atoms with Crippen molar-refractivity contribution in [2.75, 3.05) is 16.7 Å². The van der Waals surface area contributed by atoms with Gasteiger partial charge in [-0.3, -0.25) is 4.81 Å². The predicted molar refractivity (Wildman–Crippen MR) is 107 cm³/mol. The van der Waals surface area contributed by atoms with Crippen molar-refractivity contribution in [1.29, 1.82) is 0 Å². The highest BCUT2D eigenvalue weighted by Crippen LogP contribution is 2.59. The number of hydrogen-bond donors (Lipinski definition) is 0. The Balaban J connectivity index is 2.10. The number of nitrogens with zero attached hydrogens (tertiary/aromatic N) is 3. The van der Waals surface area contributed by atoms with Crippen LogP contribution in [0.25, 0.3) is 0 Å². The maximum absolute atomic E-state index is 14.0. The number of alkyl halides is 1. The van der Waals surface area contributed by atoms with E-state index in [0.717, 1.165) is 24.4 Å². The molecule has 0 spiro atoms. The van der Waals surface area contributed by atoms with Gasteiger partial charge in [-0.1, -0.05) is 39.0 Å². The smallest absolute Gasteiger partial charge is 0.373 e. The first kappa shape index (κ1) is 17.4. The molecule has 0 N–H and O–H groups in total. The van der Waals surface area contributed by atoms with Crippen molar-refractivity contribution >= 4 is 24.2 Å². The fraction of sp³-hybridized carbons (Fsp3) is 0.476. The molecule has 2 atom stereocenters. The molecule has 0 aliphatic carbocycles. The van der Waals surface area contributed by atoms with Gasteiger partial charge in [0.05, 0.1) is 11.0 Å². The minimum atomic E-state index is -0.445. The van der Waals surface area contributed by atoms with Crippen LogP contribution in [0.2, 0.25) is 5.31 Å². The Bertz CT molecular complexity index is 857. The van der Waals surface area contributed by atoms with Crippen molar-refractivity contribution in [3.05, 3.63) is 48.2 Å². The number of rotatable bonds is 3. The van der Waals surface area contributed by atoms with Gasteiger partial charge >= 0.3 is 6.98 Å². The van der Waals surface area contributed by atoms with Crippen LogP contribution in [0.15, 0.2) is 42.5 Å². The first-order valence-corrected chi connectivity index (χ1v) is 9.66. The molecule has 0 radical (unpaired) electrons. The van der Waals surface area contributed by atoms with Crippen LogP contribution in [0.1, 0.15) is 46.2 Å². The second-order valence-corrected chi connectivity index (χ2v) is 8.09. The van der Waals surface area contributed by atoms with Crippen LogP contribution in [0.3, 0.4) is 0 Å². The molecule has 5 heteroatoms.